The van der Waals surface area contributed by atoms with Crippen molar-refractivity contribution in [2.24, 2.45) is 15.9 Å². The summed E-state index contributed by atoms with van der Waals surface area (Å²) < 4.78 is 10.0. The standard InChI is InChI=1S/C14H18N6O2/c1-2-3-8-21-11-6-4-10(5-7-11)9-17-18-13(15)12-14(16)20-22-19-12/h4-7,9H,2-3,8H2,1H3,(H2,15,18)(H2,16,20)/b17-9+. The molecule has 0 saturated carbocycles. The van der Waals surface area contributed by atoms with Gasteiger partial charge in [0.05, 0.1) is 12.8 Å². The second kappa shape index (κ2) is 7.77. The summed E-state index contributed by atoms with van der Waals surface area (Å²) in [6.07, 6.45) is 3.71. The maximum absolute atomic E-state index is 5.67. The highest BCUT2D eigenvalue weighted by Gasteiger charge is 2.09. The molecule has 1 aromatic heterocycles. The van der Waals surface area contributed by atoms with Gasteiger partial charge < -0.3 is 16.2 Å². The van der Waals surface area contributed by atoms with Crippen LogP contribution in [-0.2, 0) is 0 Å². The highest BCUT2D eigenvalue weighted by atomic mass is 16.6. The summed E-state index contributed by atoms with van der Waals surface area (Å²) in [5.41, 5.74) is 12.2. The predicted molar refractivity (Wildman–Crippen MR) is 83.9 cm³/mol. The van der Waals surface area contributed by atoms with Crippen LogP contribution >= 0.6 is 0 Å². The number of nitrogens with zero attached hydrogens (tertiary/aromatic N) is 4. The van der Waals surface area contributed by atoms with Crippen molar-refractivity contribution in [2.75, 3.05) is 12.3 Å². The van der Waals surface area contributed by atoms with Gasteiger partial charge in [0.2, 0.25) is 0 Å². The van der Waals surface area contributed by atoms with Gasteiger partial charge in [-0.25, -0.2) is 4.63 Å². The van der Waals surface area contributed by atoms with Crippen LogP contribution in [0.15, 0.2) is 39.1 Å². The summed E-state index contributed by atoms with van der Waals surface area (Å²) in [6.45, 7) is 2.84. The van der Waals surface area contributed by atoms with Gasteiger partial charge in [-0.3, -0.25) is 0 Å². The summed E-state index contributed by atoms with van der Waals surface area (Å²) in [5, 5.41) is 14.6. The van der Waals surface area contributed by atoms with Crippen LogP contribution in [0.2, 0.25) is 0 Å². The zero-order valence-electron chi connectivity index (χ0n) is 12.3. The lowest BCUT2D eigenvalue weighted by Crippen LogP contribution is -2.15. The zero-order valence-corrected chi connectivity index (χ0v) is 12.3. The van der Waals surface area contributed by atoms with Crippen LogP contribution in [-0.4, -0.2) is 29.0 Å². The average Bonchev–Trinajstić information content (AvgIpc) is 2.95. The van der Waals surface area contributed by atoms with E-state index in [0.717, 1.165) is 30.8 Å². The topological polar surface area (TPSA) is 125 Å². The second-order valence-corrected chi connectivity index (χ2v) is 4.50. The maximum Gasteiger partial charge on any atom is 0.199 e. The number of amidine groups is 1. The molecule has 0 fully saturated rings. The van der Waals surface area contributed by atoms with Crippen molar-refractivity contribution in [3.8, 4) is 5.75 Å². The van der Waals surface area contributed by atoms with Crippen molar-refractivity contribution in [2.45, 2.75) is 19.8 Å². The Morgan fingerprint density at radius 3 is 2.73 bits per heavy atom. The minimum absolute atomic E-state index is 0.0366. The van der Waals surface area contributed by atoms with Gasteiger partial charge in [-0.1, -0.05) is 13.3 Å². The van der Waals surface area contributed by atoms with Crippen LogP contribution in [0.4, 0.5) is 5.82 Å². The summed E-state index contributed by atoms with van der Waals surface area (Å²) in [4.78, 5) is 0. The van der Waals surface area contributed by atoms with Gasteiger partial charge in [-0.15, -0.1) is 5.10 Å². The summed E-state index contributed by atoms with van der Waals surface area (Å²) in [7, 11) is 0. The largest absolute Gasteiger partial charge is 0.494 e. The Hall–Kier alpha value is -2.90. The summed E-state index contributed by atoms with van der Waals surface area (Å²) >= 11 is 0. The number of rotatable bonds is 7. The minimum Gasteiger partial charge on any atom is -0.494 e. The van der Waals surface area contributed by atoms with Gasteiger partial charge in [-0.05, 0) is 46.6 Å². The van der Waals surface area contributed by atoms with E-state index >= 15 is 0 Å². The fourth-order valence-electron chi connectivity index (χ4n) is 1.56. The van der Waals surface area contributed by atoms with E-state index in [9.17, 15) is 0 Å². The lowest BCUT2D eigenvalue weighted by atomic mass is 10.2. The molecule has 0 amide bonds. The molecule has 0 saturated heterocycles. The number of anilines is 1. The number of nitrogens with two attached hydrogens (primary N) is 2. The van der Waals surface area contributed by atoms with Crippen molar-refractivity contribution in [1.29, 1.82) is 0 Å². The molecule has 0 aliphatic rings. The zero-order chi connectivity index (χ0) is 15.8. The number of unbranched alkanes of at least 4 members (excludes halogenated alkanes) is 1. The Morgan fingerprint density at radius 1 is 1.32 bits per heavy atom. The van der Waals surface area contributed by atoms with Gasteiger partial charge in [0.1, 0.15) is 5.75 Å². The SMILES string of the molecule is CCCCOc1ccc(/C=N/N=C(\N)c2nonc2N)cc1. The molecular formula is C14H18N6O2. The number of hydrogen-bond acceptors (Lipinski definition) is 7. The van der Waals surface area contributed by atoms with E-state index in [1.807, 2.05) is 24.3 Å². The first-order chi connectivity index (χ1) is 10.7. The van der Waals surface area contributed by atoms with Gasteiger partial charge in [-0.2, -0.15) is 5.10 Å². The van der Waals surface area contributed by atoms with Gasteiger partial charge in [0.15, 0.2) is 17.3 Å². The van der Waals surface area contributed by atoms with E-state index < -0.39 is 0 Å². The Bertz CT molecular complexity index is 648. The fourth-order valence-corrected chi connectivity index (χ4v) is 1.56. The van der Waals surface area contributed by atoms with Gasteiger partial charge in [0.25, 0.3) is 0 Å². The molecule has 0 atom stereocenters. The van der Waals surface area contributed by atoms with Crippen LogP contribution in [0.25, 0.3) is 0 Å². The highest BCUT2D eigenvalue weighted by molar-refractivity contribution is 5.99. The van der Waals surface area contributed by atoms with Crippen LogP contribution in [0.1, 0.15) is 31.0 Å². The molecule has 2 rings (SSSR count). The van der Waals surface area contributed by atoms with Crippen LogP contribution in [0.3, 0.4) is 0 Å². The average molecular weight is 302 g/mol. The molecule has 8 heteroatoms. The number of benzene rings is 1. The van der Waals surface area contributed by atoms with Crippen molar-refractivity contribution < 1.29 is 9.37 Å². The molecule has 0 spiro atoms. The molecule has 0 unspecified atom stereocenters. The van der Waals surface area contributed by atoms with Crippen LogP contribution < -0.4 is 16.2 Å². The lowest BCUT2D eigenvalue weighted by Gasteiger charge is -2.04. The van der Waals surface area contributed by atoms with Crippen LogP contribution in [0.5, 0.6) is 5.75 Å². The highest BCUT2D eigenvalue weighted by Crippen LogP contribution is 2.11. The molecule has 116 valence electrons. The second-order valence-electron chi connectivity index (χ2n) is 4.50. The lowest BCUT2D eigenvalue weighted by molar-refractivity contribution is 0.308. The molecule has 0 aliphatic carbocycles. The van der Waals surface area contributed by atoms with E-state index in [0.29, 0.717) is 0 Å². The first kappa shape index (κ1) is 15.5. The third kappa shape index (κ3) is 4.30. The molecule has 22 heavy (non-hydrogen) atoms. The molecule has 0 aliphatic heterocycles. The number of aromatic nitrogens is 2. The first-order valence-electron chi connectivity index (χ1n) is 6.88. The maximum atomic E-state index is 5.67. The summed E-state index contributed by atoms with van der Waals surface area (Å²) in [5.74, 6) is 0.939. The van der Waals surface area contributed by atoms with Crippen molar-refractivity contribution in [3.05, 3.63) is 35.5 Å². The molecule has 8 nitrogen and oxygen atoms in total. The number of hydrogen-bond donors (Lipinski definition) is 2. The third-order valence-corrected chi connectivity index (χ3v) is 2.78. The Morgan fingerprint density at radius 2 is 2.09 bits per heavy atom. The quantitative estimate of drug-likeness (QED) is 0.346. The van der Waals surface area contributed by atoms with E-state index in [4.69, 9.17) is 16.2 Å². The van der Waals surface area contributed by atoms with Crippen LogP contribution in [0, 0.1) is 0 Å². The van der Waals surface area contributed by atoms with E-state index in [2.05, 4.69) is 32.1 Å². The van der Waals surface area contributed by atoms with Crippen molar-refractivity contribution in [3.63, 3.8) is 0 Å². The molecule has 4 N–H and O–H groups in total. The third-order valence-electron chi connectivity index (χ3n) is 2.78. The normalized spacial score (nSPS) is 12.0. The molecule has 1 aromatic carbocycles. The Labute approximate surface area is 127 Å². The van der Waals surface area contributed by atoms with Gasteiger partial charge >= 0.3 is 0 Å². The van der Waals surface area contributed by atoms with E-state index in [1.165, 1.54) is 0 Å². The first-order valence-corrected chi connectivity index (χ1v) is 6.88. The molecule has 2 aromatic rings. The molecular weight excluding hydrogens is 284 g/mol. The van der Waals surface area contributed by atoms with Crippen molar-refractivity contribution in [1.82, 2.24) is 10.3 Å². The smallest absolute Gasteiger partial charge is 0.199 e. The molecule has 1 heterocycles. The summed E-state index contributed by atoms with van der Waals surface area (Å²) in [6, 6.07) is 7.51. The monoisotopic (exact) mass is 302 g/mol. The number of nitrogen functional groups attached to an aromatic ring is 1. The fraction of sp³-hybridized carbons (Fsp3) is 0.286. The van der Waals surface area contributed by atoms with Gasteiger partial charge in [0, 0.05) is 0 Å². The number of ether oxygens (including phenoxy) is 1. The Kier molecular flexibility index (Phi) is 5.47. The van der Waals surface area contributed by atoms with Crippen molar-refractivity contribution >= 4 is 17.9 Å². The minimum atomic E-state index is 0.0366. The Balaban J connectivity index is 1.94. The molecule has 0 bridgehead atoms. The molecule has 0 radical (unpaired) electrons. The van der Waals surface area contributed by atoms with E-state index in [1.54, 1.807) is 6.21 Å². The van der Waals surface area contributed by atoms with E-state index in [-0.39, 0.29) is 17.3 Å². The predicted octanol–water partition coefficient (Wildman–Crippen LogP) is 1.57.